The Balaban J connectivity index is 0.000000150. The van der Waals surface area contributed by atoms with Gasteiger partial charge in [-0.2, -0.15) is 0 Å². The molecule has 0 bridgehead atoms. The van der Waals surface area contributed by atoms with E-state index in [4.69, 9.17) is 17.2 Å². The first-order valence-electron chi connectivity index (χ1n) is 32.2. The van der Waals surface area contributed by atoms with Crippen LogP contribution in [0, 0.1) is 0 Å². The summed E-state index contributed by atoms with van der Waals surface area (Å²) in [6.07, 6.45) is 13.6. The van der Waals surface area contributed by atoms with Gasteiger partial charge < -0.3 is 63.2 Å². The van der Waals surface area contributed by atoms with E-state index in [1.807, 2.05) is 18.2 Å². The van der Waals surface area contributed by atoms with Crippen molar-refractivity contribution in [1.29, 1.82) is 0 Å². The number of nitrogens with two attached hydrogens (primary N) is 3. The number of nitrogens with one attached hydrogen (secondary N) is 3. The number of anilines is 6. The molecule has 1 aliphatic carbocycles. The largest absolute Gasteiger partial charge is 0.397 e. The number of aliphatic hydroxyl groups is 3. The molecule has 3 aliphatic heterocycles. The van der Waals surface area contributed by atoms with Crippen molar-refractivity contribution in [3.8, 4) is 0 Å². The molecule has 0 saturated carbocycles. The molecule has 9 aromatic rings. The smallest absolute Gasteiger partial charge is 0.263 e. The molecule has 486 valence electrons. The van der Waals surface area contributed by atoms with Crippen LogP contribution in [0.3, 0.4) is 0 Å². The molecule has 3 amide bonds. The number of thiophene rings is 3. The average molecular weight is 1300 g/mol. The number of nitrogen functional groups attached to an aromatic ring is 3. The molecule has 9 heterocycles. The third-order valence-corrected chi connectivity index (χ3v) is 21.0. The summed E-state index contributed by atoms with van der Waals surface area (Å²) in [7, 11) is 0. The summed E-state index contributed by atoms with van der Waals surface area (Å²) >= 11 is 3.82. The van der Waals surface area contributed by atoms with Crippen molar-refractivity contribution in [3.05, 3.63) is 157 Å². The fraction of sp³-hybridized carbons (Fsp3) is 0.408. The fourth-order valence-corrected chi connectivity index (χ4v) is 15.3. The highest BCUT2D eigenvalue weighted by atomic mass is 32.1. The predicted octanol–water partition coefficient (Wildman–Crippen LogP) is 12.2. The summed E-state index contributed by atoms with van der Waals surface area (Å²) in [5.41, 5.74) is 30.4. The van der Waals surface area contributed by atoms with Gasteiger partial charge >= 0.3 is 0 Å². The third kappa shape index (κ3) is 16.1. The second-order valence-corrected chi connectivity index (χ2v) is 27.2. The number of hydrogen-bond acceptors (Lipinski definition) is 18. The Bertz CT molecular complexity index is 3800. The quantitative estimate of drug-likeness (QED) is 0.0410. The maximum Gasteiger partial charge on any atom is 0.263 e. The minimum absolute atomic E-state index is 0. The highest BCUT2D eigenvalue weighted by Crippen LogP contribution is 2.39. The minimum atomic E-state index is -0.656. The van der Waals surface area contributed by atoms with Gasteiger partial charge in [0.1, 0.15) is 29.1 Å². The Morgan fingerprint density at radius 2 is 0.815 bits per heavy atom. The number of rotatable bonds is 17. The van der Waals surface area contributed by atoms with Gasteiger partial charge in [-0.1, -0.05) is 43.8 Å². The number of aryl methyl sites for hydroxylation is 1. The summed E-state index contributed by atoms with van der Waals surface area (Å²) in [4.78, 5) is 62.3. The van der Waals surface area contributed by atoms with Crippen LogP contribution in [-0.4, -0.2) is 107 Å². The van der Waals surface area contributed by atoms with E-state index in [0.717, 1.165) is 97.2 Å². The van der Waals surface area contributed by atoms with Crippen molar-refractivity contribution in [2.75, 3.05) is 90.8 Å². The lowest BCUT2D eigenvalue weighted by Crippen LogP contribution is -2.29. The van der Waals surface area contributed by atoms with Crippen LogP contribution in [0.5, 0.6) is 0 Å². The zero-order valence-corrected chi connectivity index (χ0v) is 54.5. The van der Waals surface area contributed by atoms with Crippen LogP contribution in [-0.2, 0) is 25.7 Å². The number of benzene rings is 3. The molecule has 0 spiro atoms. The number of aliphatic hydroxyl groups excluding tert-OH is 3. The van der Waals surface area contributed by atoms with Gasteiger partial charge in [-0.15, -0.1) is 34.0 Å². The molecule has 4 aliphatic rings. The summed E-state index contributed by atoms with van der Waals surface area (Å²) < 4.78 is 0. The lowest BCUT2D eigenvalue weighted by Gasteiger charge is -2.28. The van der Waals surface area contributed by atoms with Crippen molar-refractivity contribution in [1.82, 2.24) is 30.9 Å². The Hall–Kier alpha value is -7.92. The fourth-order valence-electron chi connectivity index (χ4n) is 12.3. The second kappa shape index (κ2) is 31.1. The number of nitrogens with zero attached hydrogens (tertiary/aromatic N) is 6. The summed E-state index contributed by atoms with van der Waals surface area (Å²) in [6, 6.07) is 35.1. The number of hydrogen-bond donors (Lipinski definition) is 9. The number of fused-ring (bicyclic) bond motifs is 4. The van der Waals surface area contributed by atoms with Gasteiger partial charge in [0.15, 0.2) is 0 Å². The van der Waals surface area contributed by atoms with E-state index in [2.05, 4.69) is 118 Å². The molecule has 1 unspecified atom stereocenters. The van der Waals surface area contributed by atoms with E-state index < -0.39 is 18.3 Å². The maximum atomic E-state index is 12.7. The Morgan fingerprint density at radius 3 is 1.15 bits per heavy atom. The summed E-state index contributed by atoms with van der Waals surface area (Å²) in [5, 5.41) is 40.8. The van der Waals surface area contributed by atoms with Crippen molar-refractivity contribution in [3.63, 3.8) is 0 Å². The molecule has 12 N–H and O–H groups in total. The first-order valence-corrected chi connectivity index (χ1v) is 34.6. The van der Waals surface area contributed by atoms with Crippen molar-refractivity contribution in [2.45, 2.75) is 129 Å². The first-order chi connectivity index (χ1) is 44.1. The summed E-state index contributed by atoms with van der Waals surface area (Å²) in [5.74, 6) is -0.524. The molecular formula is C71H88N12O6S3. The zero-order chi connectivity index (χ0) is 63.5. The molecule has 3 fully saturated rings. The van der Waals surface area contributed by atoms with Crippen LogP contribution >= 0.6 is 34.0 Å². The number of carbonyl (C=O) groups is 3. The van der Waals surface area contributed by atoms with E-state index in [9.17, 15) is 29.7 Å². The minimum Gasteiger partial charge on any atom is -0.397 e. The Kier molecular flexibility index (Phi) is 22.7. The SMILES string of the molecule is C.C[C@@H](O)c1ccc2c(N)c(C(=O)NCCc3ccc(N4CCCCC4)cc3)sc2n1.C[C@H](O)c1ccc2c(N)c(C(=O)NCCc3ccc(N4CCCCC4)cc3)sc2n1.Nc1c(C(=O)NCCc2ccc(N3CCCCC3)cc2)sc2nc3c(cc12)CCC3O. The van der Waals surface area contributed by atoms with E-state index in [-0.39, 0.29) is 25.1 Å². The monoisotopic (exact) mass is 1300 g/mol. The maximum absolute atomic E-state index is 12.7. The number of aromatic nitrogens is 3. The van der Waals surface area contributed by atoms with Gasteiger partial charge in [-0.25, -0.2) is 15.0 Å². The van der Waals surface area contributed by atoms with Crippen LogP contribution in [0.2, 0.25) is 0 Å². The van der Waals surface area contributed by atoms with Crippen LogP contribution in [0.25, 0.3) is 30.6 Å². The number of pyridine rings is 3. The molecule has 13 rings (SSSR count). The van der Waals surface area contributed by atoms with Gasteiger partial charge in [-0.3, -0.25) is 14.4 Å². The van der Waals surface area contributed by atoms with Crippen molar-refractivity contribution >= 4 is 117 Å². The first kappa shape index (κ1) is 67.0. The lowest BCUT2D eigenvalue weighted by molar-refractivity contribution is 0.0950. The standard InChI is InChI=1S/C24H28N4O2S.2C23H28N4O2S.CH4/c25-20-18-14-16-6-9-19(29)21(16)27-24(18)31-22(20)23(30)26-11-10-15-4-7-17(8-5-15)28-12-2-1-3-13-28;2*1-15(28)19-10-9-18-20(24)21(30-23(18)26-19)22(29)25-12-11-16-5-7-17(8-6-16)27-13-3-2-4-14-27;/h4-5,7-8,14,19,29H,1-3,6,9-13,25H2,(H,26,30);2*5-10,15,28H,2-4,11-14,24H2,1H3,(H,25,29);1H4/t;2*15-;/m.10./s1. The normalized spacial score (nSPS) is 16.2. The van der Waals surface area contributed by atoms with Gasteiger partial charge in [-0.05, 0) is 193 Å². The molecule has 6 aromatic heterocycles. The highest BCUT2D eigenvalue weighted by Gasteiger charge is 2.27. The van der Waals surface area contributed by atoms with Gasteiger partial charge in [0, 0.05) is 92.1 Å². The molecule has 92 heavy (non-hydrogen) atoms. The lowest BCUT2D eigenvalue weighted by atomic mass is 10.1. The number of piperidine rings is 3. The molecule has 0 radical (unpaired) electrons. The van der Waals surface area contributed by atoms with Crippen molar-refractivity contribution in [2.24, 2.45) is 0 Å². The third-order valence-electron chi connectivity index (χ3n) is 17.6. The zero-order valence-electron chi connectivity index (χ0n) is 52.0. The number of carbonyl (C=O) groups excluding carboxylic acids is 3. The Labute approximate surface area is 551 Å². The van der Waals surface area contributed by atoms with Crippen LogP contribution in [0.15, 0.2) is 103 Å². The molecular weight excluding hydrogens is 1210 g/mol. The predicted molar refractivity (Wildman–Crippen MR) is 379 cm³/mol. The van der Waals surface area contributed by atoms with Crippen LogP contribution in [0.1, 0.15) is 172 Å². The van der Waals surface area contributed by atoms with E-state index in [1.54, 1.807) is 26.0 Å². The highest BCUT2D eigenvalue weighted by molar-refractivity contribution is 7.22. The van der Waals surface area contributed by atoms with Crippen LogP contribution in [0.4, 0.5) is 34.1 Å². The topological polar surface area (TPSA) is 274 Å². The van der Waals surface area contributed by atoms with Crippen LogP contribution < -0.4 is 47.9 Å². The van der Waals surface area contributed by atoms with Gasteiger partial charge in [0.25, 0.3) is 17.7 Å². The summed E-state index contributed by atoms with van der Waals surface area (Å²) in [6.45, 7) is 11.8. The van der Waals surface area contributed by atoms with E-state index in [1.165, 1.54) is 126 Å². The molecule has 3 aromatic carbocycles. The van der Waals surface area contributed by atoms with E-state index in [0.29, 0.717) is 78.8 Å². The molecule has 3 saturated heterocycles. The van der Waals surface area contributed by atoms with Gasteiger partial charge in [0.05, 0.1) is 52.5 Å². The Morgan fingerprint density at radius 1 is 0.489 bits per heavy atom. The average Bonchev–Trinajstić information content (AvgIpc) is 1.79. The van der Waals surface area contributed by atoms with Gasteiger partial charge in [0.2, 0.25) is 0 Å². The number of amides is 3. The van der Waals surface area contributed by atoms with Crippen molar-refractivity contribution < 1.29 is 29.7 Å². The second-order valence-electron chi connectivity index (χ2n) is 24.2. The van der Waals surface area contributed by atoms with E-state index >= 15 is 0 Å². The molecule has 3 atom stereocenters. The molecule has 18 nitrogen and oxygen atoms in total. The molecule has 21 heteroatoms.